The molecule has 16 heavy (non-hydrogen) atoms. The van der Waals surface area contributed by atoms with Gasteiger partial charge in [-0.15, -0.1) is 0 Å². The zero-order valence-electron chi connectivity index (χ0n) is 9.42. The molecule has 0 radical (unpaired) electrons. The largest absolute Gasteiger partial charge is 0.113 e. The zero-order chi connectivity index (χ0) is 11.3. The Morgan fingerprint density at radius 1 is 0.875 bits per heavy atom. The molecule has 1 heterocycles. The van der Waals surface area contributed by atoms with Gasteiger partial charge in [0.1, 0.15) is 8.07 Å². The smallest absolute Gasteiger partial charge is 0.0843 e. The summed E-state index contributed by atoms with van der Waals surface area (Å²) in [6.07, 6.45) is 0. The monoisotopic (exact) mass is 244 g/mol. The first-order valence-electron chi connectivity index (χ1n) is 5.50. The molecule has 0 aliphatic carbocycles. The lowest BCUT2D eigenvalue weighted by Crippen LogP contribution is -2.49. The van der Waals surface area contributed by atoms with Crippen molar-refractivity contribution in [2.75, 3.05) is 0 Å². The van der Waals surface area contributed by atoms with E-state index in [2.05, 4.69) is 49.5 Å². The second kappa shape index (κ2) is 3.22. The third-order valence-electron chi connectivity index (χ3n) is 3.55. The van der Waals surface area contributed by atoms with Crippen LogP contribution in [0.3, 0.4) is 0 Å². The van der Waals surface area contributed by atoms with Crippen LogP contribution >= 0.6 is 11.6 Å². The van der Waals surface area contributed by atoms with Crippen molar-refractivity contribution in [1.29, 1.82) is 0 Å². The quantitative estimate of drug-likeness (QED) is 0.625. The summed E-state index contributed by atoms with van der Waals surface area (Å²) in [5, 5.41) is 3.88. The van der Waals surface area contributed by atoms with Gasteiger partial charge in [0.2, 0.25) is 0 Å². The van der Waals surface area contributed by atoms with E-state index in [4.69, 9.17) is 11.6 Å². The standard InChI is InChI=1S/C14H13ClSi/c1-16(2)13-6-4-3-5-11(13)12-9-10(15)7-8-14(12)16/h3-9H,1-2H3. The summed E-state index contributed by atoms with van der Waals surface area (Å²) in [6, 6.07) is 15.1. The van der Waals surface area contributed by atoms with Crippen molar-refractivity contribution in [3.63, 3.8) is 0 Å². The molecule has 3 rings (SSSR count). The van der Waals surface area contributed by atoms with Crippen LogP contribution in [0, 0.1) is 0 Å². The molecule has 80 valence electrons. The van der Waals surface area contributed by atoms with Gasteiger partial charge in [-0.2, -0.15) is 0 Å². The van der Waals surface area contributed by atoms with Crippen LogP contribution < -0.4 is 10.4 Å². The summed E-state index contributed by atoms with van der Waals surface area (Å²) in [7, 11) is -1.46. The molecular formula is C14H13ClSi. The van der Waals surface area contributed by atoms with Crippen LogP contribution in [-0.2, 0) is 0 Å². The van der Waals surface area contributed by atoms with E-state index in [0.29, 0.717) is 0 Å². The molecule has 0 N–H and O–H groups in total. The molecule has 0 fully saturated rings. The lowest BCUT2D eigenvalue weighted by Gasteiger charge is -2.18. The molecule has 0 saturated heterocycles. The molecule has 1 aliphatic heterocycles. The number of rotatable bonds is 0. The summed E-state index contributed by atoms with van der Waals surface area (Å²) in [5.41, 5.74) is 2.73. The topological polar surface area (TPSA) is 0 Å². The third kappa shape index (κ3) is 1.22. The van der Waals surface area contributed by atoms with Crippen molar-refractivity contribution in [3.05, 3.63) is 47.5 Å². The fourth-order valence-electron chi connectivity index (χ4n) is 2.69. The lowest BCUT2D eigenvalue weighted by molar-refractivity contribution is 1.71. The molecule has 0 bridgehead atoms. The fraction of sp³-hybridized carbons (Fsp3) is 0.143. The second-order valence-corrected chi connectivity index (χ2v) is 9.62. The van der Waals surface area contributed by atoms with Gasteiger partial charge in [-0.1, -0.05) is 55.0 Å². The van der Waals surface area contributed by atoms with E-state index in [-0.39, 0.29) is 0 Å². The molecular weight excluding hydrogens is 232 g/mol. The minimum atomic E-state index is -1.46. The highest BCUT2D eigenvalue weighted by atomic mass is 35.5. The highest BCUT2D eigenvalue weighted by molar-refractivity contribution is 7.03. The van der Waals surface area contributed by atoms with E-state index in [1.54, 1.807) is 0 Å². The second-order valence-electron chi connectivity index (χ2n) is 4.86. The maximum Gasteiger partial charge on any atom is 0.113 e. The Morgan fingerprint density at radius 3 is 2.38 bits per heavy atom. The molecule has 0 amide bonds. The molecule has 2 aromatic rings. The third-order valence-corrected chi connectivity index (χ3v) is 7.35. The van der Waals surface area contributed by atoms with E-state index >= 15 is 0 Å². The van der Waals surface area contributed by atoms with Gasteiger partial charge in [-0.25, -0.2) is 0 Å². The van der Waals surface area contributed by atoms with Crippen LogP contribution in [0.1, 0.15) is 0 Å². The van der Waals surface area contributed by atoms with Gasteiger partial charge in [0.05, 0.1) is 0 Å². The van der Waals surface area contributed by atoms with Gasteiger partial charge in [0.15, 0.2) is 0 Å². The van der Waals surface area contributed by atoms with Gasteiger partial charge in [-0.05, 0) is 33.6 Å². The Labute approximate surface area is 102 Å². The Morgan fingerprint density at radius 2 is 1.56 bits per heavy atom. The van der Waals surface area contributed by atoms with Crippen LogP contribution in [-0.4, -0.2) is 8.07 Å². The maximum atomic E-state index is 6.10. The van der Waals surface area contributed by atoms with E-state index in [0.717, 1.165) is 5.02 Å². The average Bonchev–Trinajstić information content (AvgIpc) is 2.49. The average molecular weight is 245 g/mol. The van der Waals surface area contributed by atoms with E-state index in [1.165, 1.54) is 21.5 Å². The summed E-state index contributed by atoms with van der Waals surface area (Å²) < 4.78 is 0. The van der Waals surface area contributed by atoms with E-state index in [1.807, 2.05) is 6.07 Å². The Balaban J connectivity index is 2.40. The normalized spacial score (nSPS) is 15.7. The first-order chi connectivity index (χ1) is 7.60. The maximum absolute atomic E-state index is 6.10. The van der Waals surface area contributed by atoms with Crippen molar-refractivity contribution in [3.8, 4) is 11.1 Å². The predicted molar refractivity (Wildman–Crippen MR) is 73.6 cm³/mol. The van der Waals surface area contributed by atoms with Crippen LogP contribution in [0.25, 0.3) is 11.1 Å². The highest BCUT2D eigenvalue weighted by Gasteiger charge is 2.36. The summed E-state index contributed by atoms with van der Waals surface area (Å²) in [6.45, 7) is 4.82. The molecule has 2 heteroatoms. The highest BCUT2D eigenvalue weighted by Crippen LogP contribution is 2.29. The summed E-state index contributed by atoms with van der Waals surface area (Å²) in [5.74, 6) is 0. The van der Waals surface area contributed by atoms with Gasteiger partial charge in [-0.3, -0.25) is 0 Å². The SMILES string of the molecule is C[Si]1(C)c2ccccc2-c2cc(Cl)ccc21. The molecule has 1 aliphatic rings. The van der Waals surface area contributed by atoms with Crippen LogP contribution in [0.4, 0.5) is 0 Å². The van der Waals surface area contributed by atoms with Crippen molar-refractivity contribution in [2.24, 2.45) is 0 Å². The number of benzene rings is 2. The van der Waals surface area contributed by atoms with E-state index in [9.17, 15) is 0 Å². The van der Waals surface area contributed by atoms with Crippen molar-refractivity contribution < 1.29 is 0 Å². The van der Waals surface area contributed by atoms with Crippen molar-refractivity contribution in [1.82, 2.24) is 0 Å². The first kappa shape index (κ1) is 10.1. The van der Waals surface area contributed by atoms with Crippen LogP contribution in [0.15, 0.2) is 42.5 Å². The van der Waals surface area contributed by atoms with Crippen molar-refractivity contribution in [2.45, 2.75) is 13.1 Å². The number of hydrogen-bond donors (Lipinski definition) is 0. The van der Waals surface area contributed by atoms with Crippen LogP contribution in [0.2, 0.25) is 18.1 Å². The van der Waals surface area contributed by atoms with Gasteiger partial charge in [0, 0.05) is 5.02 Å². The molecule has 0 aromatic heterocycles. The predicted octanol–water partition coefficient (Wildman–Crippen LogP) is 3.14. The molecule has 0 saturated carbocycles. The summed E-state index contributed by atoms with van der Waals surface area (Å²) in [4.78, 5) is 0. The van der Waals surface area contributed by atoms with Crippen LogP contribution in [0.5, 0.6) is 0 Å². The first-order valence-corrected chi connectivity index (χ1v) is 8.88. The fourth-order valence-corrected chi connectivity index (χ4v) is 5.94. The number of fused-ring (bicyclic) bond motifs is 3. The molecule has 0 nitrogen and oxygen atoms in total. The molecule has 0 spiro atoms. The van der Waals surface area contributed by atoms with Gasteiger partial charge >= 0.3 is 0 Å². The van der Waals surface area contributed by atoms with E-state index < -0.39 is 8.07 Å². The summed E-state index contributed by atoms with van der Waals surface area (Å²) >= 11 is 6.10. The minimum absolute atomic E-state index is 0.834. The number of halogens is 1. The molecule has 0 atom stereocenters. The minimum Gasteiger partial charge on any atom is -0.0843 e. The zero-order valence-corrected chi connectivity index (χ0v) is 11.2. The Kier molecular flexibility index (Phi) is 2.04. The molecule has 0 unspecified atom stereocenters. The van der Waals surface area contributed by atoms with Gasteiger partial charge in [0.25, 0.3) is 0 Å². The molecule has 2 aromatic carbocycles. The van der Waals surface area contributed by atoms with Gasteiger partial charge < -0.3 is 0 Å². The number of hydrogen-bond acceptors (Lipinski definition) is 0. The van der Waals surface area contributed by atoms with Crippen molar-refractivity contribution >= 4 is 30.0 Å². The lowest BCUT2D eigenvalue weighted by atomic mass is 10.1. The Bertz CT molecular complexity index is 573. The Hall–Kier alpha value is -1.05.